The maximum atomic E-state index is 9.85. The predicted molar refractivity (Wildman–Crippen MR) is 65.5 cm³/mol. The topological polar surface area (TPSA) is 107 Å². The molecule has 104 valence electrons. The van der Waals surface area contributed by atoms with Gasteiger partial charge < -0.3 is 28.6 Å². The maximum Gasteiger partial charge on any atom is 2.00 e. The molecule has 0 saturated heterocycles. The third kappa shape index (κ3) is 9.45. The third-order valence-corrected chi connectivity index (χ3v) is 1.85. The second-order valence-electron chi connectivity index (χ2n) is 3.34. The van der Waals surface area contributed by atoms with Crippen LogP contribution in [-0.4, -0.2) is 11.9 Å². The van der Waals surface area contributed by atoms with E-state index in [-0.39, 0.29) is 27.7 Å². The summed E-state index contributed by atoms with van der Waals surface area (Å²) in [7, 11) is 0. The van der Waals surface area contributed by atoms with Gasteiger partial charge in [0.25, 0.3) is 0 Å². The molecule has 6 nitrogen and oxygen atoms in total. The summed E-state index contributed by atoms with van der Waals surface area (Å²) in [5.41, 5.74) is 0. The van der Waals surface area contributed by atoms with Crippen LogP contribution in [0.3, 0.4) is 0 Å². The number of aliphatic carboxylic acids is 2. The molecule has 2 aromatic heterocycles. The molecular weight excluding hydrogens is 465 g/mol. The number of carbonyl (C=O) groups excluding carboxylic acids is 2. The Morgan fingerprint density at radius 2 is 1.24 bits per heavy atom. The minimum Gasteiger partial charge on any atom is -0.545 e. The molecule has 0 N–H and O–H groups in total. The Morgan fingerprint density at radius 3 is 1.48 bits per heavy atom. The second kappa shape index (κ2) is 10.7. The molecule has 0 aliphatic rings. The van der Waals surface area contributed by atoms with Crippen LogP contribution in [-0.2, 0) is 37.3 Å². The molecule has 2 heterocycles. The van der Waals surface area contributed by atoms with Crippen molar-refractivity contribution in [1.29, 1.82) is 0 Å². The summed E-state index contributed by atoms with van der Waals surface area (Å²) in [4.78, 5) is 19.7. The number of rotatable bonds is 4. The van der Waals surface area contributed by atoms with Gasteiger partial charge in [0, 0.05) is 0 Å². The van der Waals surface area contributed by atoms with Gasteiger partial charge in [-0.2, -0.15) is 0 Å². The van der Waals surface area contributed by atoms with E-state index in [0.29, 0.717) is 11.5 Å². The maximum absolute atomic E-state index is 9.85. The molecular formula is C14H10HgO6. The van der Waals surface area contributed by atoms with Gasteiger partial charge in [-0.15, -0.1) is 0 Å². The van der Waals surface area contributed by atoms with Crippen molar-refractivity contribution in [3.05, 3.63) is 60.5 Å². The first-order chi connectivity index (χ1) is 9.58. The minimum absolute atomic E-state index is 0. The van der Waals surface area contributed by atoms with Crippen LogP contribution in [0.1, 0.15) is 11.5 Å². The summed E-state index contributed by atoms with van der Waals surface area (Å²) in [6.07, 6.45) is 7.42. The van der Waals surface area contributed by atoms with Gasteiger partial charge in [0.1, 0.15) is 11.5 Å². The summed E-state index contributed by atoms with van der Waals surface area (Å²) in [5, 5.41) is 19.7. The van der Waals surface area contributed by atoms with Gasteiger partial charge in [-0.3, -0.25) is 0 Å². The smallest absolute Gasteiger partial charge is 0.545 e. The number of hydrogen-bond donors (Lipinski definition) is 0. The van der Waals surface area contributed by atoms with Gasteiger partial charge in [0.05, 0.1) is 24.5 Å². The van der Waals surface area contributed by atoms with Gasteiger partial charge in [-0.1, -0.05) is 0 Å². The van der Waals surface area contributed by atoms with Crippen LogP contribution in [0, 0.1) is 0 Å². The van der Waals surface area contributed by atoms with Crippen LogP contribution in [0.5, 0.6) is 0 Å². The van der Waals surface area contributed by atoms with E-state index in [1.807, 2.05) is 0 Å². The van der Waals surface area contributed by atoms with E-state index in [0.717, 1.165) is 12.2 Å². The van der Waals surface area contributed by atoms with Crippen LogP contribution < -0.4 is 10.2 Å². The zero-order valence-electron chi connectivity index (χ0n) is 10.9. The second-order valence-corrected chi connectivity index (χ2v) is 3.34. The summed E-state index contributed by atoms with van der Waals surface area (Å²) in [6, 6.07) is 6.66. The minimum atomic E-state index is -1.23. The first kappa shape index (κ1) is 18.9. The monoisotopic (exact) mass is 476 g/mol. The summed E-state index contributed by atoms with van der Waals surface area (Å²) >= 11 is 0. The molecule has 0 spiro atoms. The average molecular weight is 475 g/mol. The van der Waals surface area contributed by atoms with Crippen molar-refractivity contribution in [2.45, 2.75) is 0 Å². The van der Waals surface area contributed by atoms with Crippen molar-refractivity contribution in [2.24, 2.45) is 0 Å². The van der Waals surface area contributed by atoms with Crippen molar-refractivity contribution < 1.29 is 56.3 Å². The molecule has 0 aromatic carbocycles. The quantitative estimate of drug-likeness (QED) is 0.459. The zero-order valence-corrected chi connectivity index (χ0v) is 16.4. The Labute approximate surface area is 140 Å². The number of hydrogen-bond acceptors (Lipinski definition) is 6. The average Bonchev–Trinajstić information content (AvgIpc) is 3.08. The fraction of sp³-hybridized carbons (Fsp3) is 0. The molecule has 0 fully saturated rings. The molecule has 21 heavy (non-hydrogen) atoms. The first-order valence-corrected chi connectivity index (χ1v) is 5.43. The predicted octanol–water partition coefficient (Wildman–Crippen LogP) is 0.0829. The summed E-state index contributed by atoms with van der Waals surface area (Å²) in [6.45, 7) is 0. The largest absolute Gasteiger partial charge is 2.00 e. The van der Waals surface area contributed by atoms with Crippen molar-refractivity contribution >= 4 is 24.1 Å². The Morgan fingerprint density at radius 1 is 0.857 bits per heavy atom. The van der Waals surface area contributed by atoms with Gasteiger partial charge >= 0.3 is 27.7 Å². The van der Waals surface area contributed by atoms with Crippen LogP contribution >= 0.6 is 0 Å². The summed E-state index contributed by atoms with van der Waals surface area (Å²) in [5.74, 6) is -1.44. The van der Waals surface area contributed by atoms with Crippen molar-refractivity contribution in [1.82, 2.24) is 0 Å². The standard InChI is InChI=1S/2C7H6O3.Hg/c2*8-7(9)4-3-6-2-1-5-10-6;/h2*1-5H,(H,8,9);/q;;+2/p-2/b2*4-3-;. The van der Waals surface area contributed by atoms with E-state index in [1.165, 1.54) is 24.7 Å². The summed E-state index contributed by atoms with van der Waals surface area (Å²) < 4.78 is 9.61. The van der Waals surface area contributed by atoms with E-state index in [1.54, 1.807) is 24.3 Å². The molecule has 2 aromatic rings. The molecule has 7 heteroatoms. The van der Waals surface area contributed by atoms with Crippen LogP contribution in [0.4, 0.5) is 0 Å². The van der Waals surface area contributed by atoms with E-state index in [4.69, 9.17) is 8.83 Å². The third-order valence-electron chi connectivity index (χ3n) is 1.85. The number of carbonyl (C=O) groups is 2. The van der Waals surface area contributed by atoms with E-state index >= 15 is 0 Å². The molecule has 0 atom stereocenters. The fourth-order valence-corrected chi connectivity index (χ4v) is 1.07. The van der Waals surface area contributed by atoms with Crippen molar-refractivity contribution in [2.75, 3.05) is 0 Å². The van der Waals surface area contributed by atoms with Gasteiger partial charge in [0.2, 0.25) is 0 Å². The Balaban J connectivity index is 0.000000364. The Hall–Kier alpha value is -2.08. The van der Waals surface area contributed by atoms with Gasteiger partial charge in [-0.25, -0.2) is 0 Å². The van der Waals surface area contributed by atoms with Crippen molar-refractivity contribution in [3.63, 3.8) is 0 Å². The molecule has 0 aliphatic heterocycles. The fourth-order valence-electron chi connectivity index (χ4n) is 1.07. The molecule has 0 bridgehead atoms. The van der Waals surface area contributed by atoms with Gasteiger partial charge in [0.15, 0.2) is 0 Å². The Kier molecular flexibility index (Phi) is 9.61. The molecule has 0 amide bonds. The molecule has 2 rings (SSSR count). The molecule has 0 saturated carbocycles. The number of furan rings is 2. The van der Waals surface area contributed by atoms with E-state index in [9.17, 15) is 19.8 Å². The van der Waals surface area contributed by atoms with Crippen LogP contribution in [0.2, 0.25) is 0 Å². The number of carboxylic acid groups (broad SMARTS) is 2. The normalized spacial score (nSPS) is 9.90. The molecule has 0 radical (unpaired) electrons. The molecule has 0 unspecified atom stereocenters. The van der Waals surface area contributed by atoms with E-state index < -0.39 is 11.9 Å². The zero-order chi connectivity index (χ0) is 14.8. The SMILES string of the molecule is O=C([O-])/C=C\c1ccco1.O=C([O-])/C=C\c1ccco1.[Hg+2]. The van der Waals surface area contributed by atoms with Crippen LogP contribution in [0.25, 0.3) is 12.2 Å². The van der Waals surface area contributed by atoms with Crippen LogP contribution in [0.15, 0.2) is 57.8 Å². The Bertz CT molecular complexity index is 527. The van der Waals surface area contributed by atoms with Crippen molar-refractivity contribution in [3.8, 4) is 0 Å². The van der Waals surface area contributed by atoms with E-state index in [2.05, 4.69) is 0 Å². The first-order valence-electron chi connectivity index (χ1n) is 5.43. The van der Waals surface area contributed by atoms with Gasteiger partial charge in [-0.05, 0) is 48.6 Å². The number of carboxylic acids is 2. The molecule has 0 aliphatic carbocycles.